The Hall–Kier alpha value is -3.07. The van der Waals surface area contributed by atoms with Gasteiger partial charge in [-0.25, -0.2) is 9.78 Å². The van der Waals surface area contributed by atoms with Gasteiger partial charge in [0.25, 0.3) is 0 Å². The second kappa shape index (κ2) is 6.82. The fourth-order valence-electron chi connectivity index (χ4n) is 2.76. The minimum Gasteiger partial charge on any atom is -0.534 e. The number of aromatic carboxylic acids is 1. The van der Waals surface area contributed by atoms with Crippen LogP contribution in [0.15, 0.2) is 36.5 Å². The highest BCUT2D eigenvalue weighted by Crippen LogP contribution is 2.30. The first-order chi connectivity index (χ1) is 11.9. The smallest absolute Gasteiger partial charge is 0.534 e. The number of pyridine rings is 1. The first-order valence-corrected chi connectivity index (χ1v) is 7.63. The number of carboxylic acid groups (broad SMARTS) is 1. The number of carbonyl (C=O) groups excluding carboxylic acids is 1. The van der Waals surface area contributed by atoms with Crippen LogP contribution in [0.3, 0.4) is 0 Å². The van der Waals surface area contributed by atoms with Crippen molar-refractivity contribution in [2.75, 3.05) is 5.73 Å². The number of anilines is 1. The molecule has 3 rings (SSSR count). The molecule has 0 bridgehead atoms. The maximum atomic E-state index is 12.2. The molecule has 2 aromatic rings. The Kier molecular flexibility index (Phi) is 4.58. The van der Waals surface area contributed by atoms with E-state index in [1.54, 1.807) is 24.3 Å². The van der Waals surface area contributed by atoms with Crippen molar-refractivity contribution in [3.8, 4) is 5.75 Å². The normalized spacial score (nSPS) is 15.9. The molecule has 1 aliphatic rings. The van der Waals surface area contributed by atoms with E-state index in [2.05, 4.69) is 10.3 Å². The minimum atomic E-state index is -1.33. The molecule has 1 atom stereocenters. The van der Waals surface area contributed by atoms with Crippen LogP contribution in [-0.4, -0.2) is 40.1 Å². The van der Waals surface area contributed by atoms with E-state index in [0.717, 1.165) is 0 Å². The van der Waals surface area contributed by atoms with Crippen LogP contribution in [0.4, 0.5) is 5.82 Å². The van der Waals surface area contributed by atoms with Gasteiger partial charge in [0.2, 0.25) is 5.91 Å². The molecule has 1 aromatic heterocycles. The molecule has 8 nitrogen and oxygen atoms in total. The van der Waals surface area contributed by atoms with Crippen LogP contribution in [0.5, 0.6) is 5.75 Å². The number of fused-ring (bicyclic) bond motifs is 1. The third kappa shape index (κ3) is 3.72. The zero-order valence-corrected chi connectivity index (χ0v) is 13.2. The van der Waals surface area contributed by atoms with Crippen molar-refractivity contribution in [2.45, 2.75) is 18.8 Å². The zero-order valence-electron chi connectivity index (χ0n) is 13.2. The number of nitrogens with one attached hydrogen (secondary N) is 1. The van der Waals surface area contributed by atoms with E-state index in [-0.39, 0.29) is 30.1 Å². The Morgan fingerprint density at radius 2 is 2.20 bits per heavy atom. The summed E-state index contributed by atoms with van der Waals surface area (Å²) >= 11 is 0. The van der Waals surface area contributed by atoms with Gasteiger partial charge in [-0.3, -0.25) is 4.79 Å². The molecule has 0 fully saturated rings. The Bertz CT molecular complexity index is 829. The number of nitrogens with zero attached hydrogens (tertiary/aromatic N) is 1. The van der Waals surface area contributed by atoms with Gasteiger partial charge in [0, 0.05) is 6.20 Å². The molecular weight excluding hydrogens is 325 g/mol. The lowest BCUT2D eigenvalue weighted by molar-refractivity contribution is -0.120. The minimum absolute atomic E-state index is 0.0198. The van der Waals surface area contributed by atoms with Gasteiger partial charge in [-0.1, -0.05) is 12.1 Å². The van der Waals surface area contributed by atoms with E-state index in [4.69, 9.17) is 10.4 Å². The lowest BCUT2D eigenvalue weighted by Crippen LogP contribution is -2.53. The Morgan fingerprint density at radius 1 is 1.40 bits per heavy atom. The molecule has 9 heteroatoms. The van der Waals surface area contributed by atoms with Gasteiger partial charge in [0.05, 0.1) is 17.9 Å². The third-order valence-corrected chi connectivity index (χ3v) is 3.91. The van der Waals surface area contributed by atoms with Gasteiger partial charge in [-0.2, -0.15) is 0 Å². The molecule has 128 valence electrons. The Morgan fingerprint density at radius 3 is 2.92 bits per heavy atom. The molecule has 1 amide bonds. The van der Waals surface area contributed by atoms with Crippen LogP contribution in [0.2, 0.25) is 0 Å². The van der Waals surface area contributed by atoms with Gasteiger partial charge < -0.3 is 25.8 Å². The van der Waals surface area contributed by atoms with Crippen LogP contribution >= 0.6 is 0 Å². The molecule has 2 heterocycles. The van der Waals surface area contributed by atoms with Crippen molar-refractivity contribution in [1.82, 2.24) is 10.3 Å². The highest BCUT2D eigenvalue weighted by atomic mass is 16.5. The predicted octanol–water partition coefficient (Wildman–Crippen LogP) is 0.0441. The summed E-state index contributed by atoms with van der Waals surface area (Å²) in [6.07, 6.45) is 1.86. The average molecular weight is 341 g/mol. The lowest BCUT2D eigenvalue weighted by Gasteiger charge is -2.28. The summed E-state index contributed by atoms with van der Waals surface area (Å²) in [4.78, 5) is 27.3. The van der Waals surface area contributed by atoms with Crippen LogP contribution < -0.4 is 15.7 Å². The van der Waals surface area contributed by atoms with E-state index >= 15 is 0 Å². The topological polar surface area (TPSA) is 135 Å². The second-order valence-electron chi connectivity index (χ2n) is 5.75. The quantitative estimate of drug-likeness (QED) is 0.577. The number of carboxylic acids is 1. The molecule has 1 aromatic carbocycles. The van der Waals surface area contributed by atoms with Crippen LogP contribution in [0.1, 0.15) is 21.5 Å². The fraction of sp³-hybridized carbons (Fsp3) is 0.188. The number of aromatic nitrogens is 1. The summed E-state index contributed by atoms with van der Waals surface area (Å²) in [5, 5.41) is 22.0. The number of rotatable bonds is 4. The zero-order chi connectivity index (χ0) is 18.0. The number of benzene rings is 1. The molecule has 0 saturated carbocycles. The van der Waals surface area contributed by atoms with Gasteiger partial charge in [-0.15, -0.1) is 0 Å². The summed E-state index contributed by atoms with van der Waals surface area (Å²) in [5.41, 5.74) is 6.88. The van der Waals surface area contributed by atoms with Crippen molar-refractivity contribution >= 4 is 24.8 Å². The maximum absolute atomic E-state index is 12.2. The number of nitrogen functional groups attached to an aromatic ring is 1. The van der Waals surface area contributed by atoms with Crippen molar-refractivity contribution < 1.29 is 24.4 Å². The number of hydrogen-bond acceptors (Lipinski definition) is 6. The van der Waals surface area contributed by atoms with Gasteiger partial charge in [0.15, 0.2) is 0 Å². The van der Waals surface area contributed by atoms with Crippen molar-refractivity contribution in [1.29, 1.82) is 0 Å². The van der Waals surface area contributed by atoms with E-state index in [0.29, 0.717) is 16.9 Å². The number of amides is 1. The highest BCUT2D eigenvalue weighted by molar-refractivity contribution is 6.47. The van der Waals surface area contributed by atoms with Gasteiger partial charge in [0.1, 0.15) is 11.6 Å². The Labute approximate surface area is 143 Å². The SMILES string of the molecule is Nc1cc(CC(=O)N[C@H]2Cc3cccc(C(=O)O)c3OB2O)ccn1. The molecule has 0 saturated heterocycles. The number of hydrogen-bond donors (Lipinski definition) is 4. The predicted molar refractivity (Wildman–Crippen MR) is 90.0 cm³/mol. The van der Waals surface area contributed by atoms with Crippen molar-refractivity contribution in [2.24, 2.45) is 0 Å². The van der Waals surface area contributed by atoms with Gasteiger partial charge >= 0.3 is 13.1 Å². The highest BCUT2D eigenvalue weighted by Gasteiger charge is 2.37. The second-order valence-corrected chi connectivity index (χ2v) is 5.75. The molecule has 1 aliphatic heterocycles. The monoisotopic (exact) mass is 341 g/mol. The molecule has 0 spiro atoms. The van der Waals surface area contributed by atoms with E-state index in [9.17, 15) is 19.7 Å². The van der Waals surface area contributed by atoms with Crippen molar-refractivity contribution in [3.05, 3.63) is 53.2 Å². The summed E-state index contributed by atoms with van der Waals surface area (Å²) < 4.78 is 5.34. The summed E-state index contributed by atoms with van der Waals surface area (Å²) in [7, 11) is -1.33. The summed E-state index contributed by atoms with van der Waals surface area (Å²) in [6, 6.07) is 7.99. The van der Waals surface area contributed by atoms with Crippen molar-refractivity contribution in [3.63, 3.8) is 0 Å². The fourth-order valence-corrected chi connectivity index (χ4v) is 2.76. The first kappa shape index (κ1) is 16.8. The standard InChI is InChI=1S/C16H16BN3O5/c18-13-6-9(4-5-19-13)7-14(21)20-12-8-10-2-1-3-11(16(22)23)15(10)25-17(12)24/h1-6,12,24H,7-8H2,(H2,18,19)(H,20,21)(H,22,23)/t12-/m0/s1. The molecule has 0 unspecified atom stereocenters. The molecule has 0 aliphatic carbocycles. The largest absolute Gasteiger partial charge is 0.547 e. The van der Waals surface area contributed by atoms with E-state index in [1.165, 1.54) is 12.3 Å². The van der Waals surface area contributed by atoms with Gasteiger partial charge in [-0.05, 0) is 35.7 Å². The summed E-state index contributed by atoms with van der Waals surface area (Å²) in [5.74, 6) is -1.67. The number of nitrogens with two attached hydrogens (primary N) is 1. The van der Waals surface area contributed by atoms with E-state index < -0.39 is 19.0 Å². The van der Waals surface area contributed by atoms with Crippen LogP contribution in [0, 0.1) is 0 Å². The number of para-hydroxylation sites is 1. The van der Waals surface area contributed by atoms with Crippen LogP contribution in [0.25, 0.3) is 0 Å². The maximum Gasteiger partial charge on any atom is 0.547 e. The molecule has 5 N–H and O–H groups in total. The average Bonchev–Trinajstić information content (AvgIpc) is 2.54. The first-order valence-electron chi connectivity index (χ1n) is 7.63. The molecule has 0 radical (unpaired) electrons. The molecular formula is C16H16BN3O5. The lowest BCUT2D eigenvalue weighted by atomic mass is 9.72. The molecule has 25 heavy (non-hydrogen) atoms. The third-order valence-electron chi connectivity index (χ3n) is 3.91. The van der Waals surface area contributed by atoms with E-state index in [1.807, 2.05) is 0 Å². The number of carbonyl (C=O) groups is 2. The Balaban J connectivity index is 1.71. The summed E-state index contributed by atoms with van der Waals surface area (Å²) in [6.45, 7) is 0. The van der Waals surface area contributed by atoms with Crippen LogP contribution in [-0.2, 0) is 17.6 Å².